The van der Waals surface area contributed by atoms with Crippen LogP contribution in [0.25, 0.3) is 0 Å². The summed E-state index contributed by atoms with van der Waals surface area (Å²) in [5.74, 6) is 1.48. The van der Waals surface area contributed by atoms with Gasteiger partial charge in [-0.2, -0.15) is 0 Å². The second-order valence-corrected chi connectivity index (χ2v) is 7.09. The molecule has 0 saturated carbocycles. The molecule has 26 heavy (non-hydrogen) atoms. The third-order valence-corrected chi connectivity index (χ3v) is 5.14. The first kappa shape index (κ1) is 18.5. The van der Waals surface area contributed by atoms with Crippen molar-refractivity contribution >= 4 is 5.91 Å². The largest absolute Gasteiger partial charge is 0.350 e. The number of amides is 1. The van der Waals surface area contributed by atoms with Gasteiger partial charge in [0, 0.05) is 30.8 Å². The molecule has 0 aliphatic carbocycles. The Hall–Kier alpha value is -2.27. The van der Waals surface area contributed by atoms with Crippen molar-refractivity contribution in [1.29, 1.82) is 0 Å². The van der Waals surface area contributed by atoms with Gasteiger partial charge in [0.15, 0.2) is 0 Å². The highest BCUT2D eigenvalue weighted by molar-refractivity contribution is 5.76. The van der Waals surface area contributed by atoms with Gasteiger partial charge in [-0.1, -0.05) is 30.3 Å². The predicted molar refractivity (Wildman–Crippen MR) is 103 cm³/mol. The number of piperidine rings is 1. The average molecular weight is 352 g/mol. The Labute approximate surface area is 155 Å². The number of likely N-dealkylation sites (tertiary alicyclic amines) is 1. The zero-order chi connectivity index (χ0) is 18.4. The molecular weight excluding hydrogens is 324 g/mol. The predicted octanol–water partition coefficient (Wildman–Crippen LogP) is 3.23. The van der Waals surface area contributed by atoms with Crippen LogP contribution in [0.2, 0.25) is 0 Å². The van der Waals surface area contributed by atoms with Crippen LogP contribution < -0.4 is 5.32 Å². The molecule has 2 aromatic rings. The van der Waals surface area contributed by atoms with Crippen molar-refractivity contribution in [1.82, 2.24) is 20.2 Å². The molecule has 1 fully saturated rings. The van der Waals surface area contributed by atoms with E-state index in [9.17, 15) is 4.79 Å². The number of rotatable bonds is 6. The molecule has 1 aromatic heterocycles. The fourth-order valence-corrected chi connectivity index (χ4v) is 3.55. The highest BCUT2D eigenvalue weighted by Gasteiger charge is 2.22. The van der Waals surface area contributed by atoms with Crippen LogP contribution in [0.1, 0.15) is 55.2 Å². The number of hydrogen-bond donors (Lipinski definition) is 1. The van der Waals surface area contributed by atoms with Crippen molar-refractivity contribution in [2.45, 2.75) is 45.1 Å². The number of nitrogens with zero attached hydrogens (tertiary/aromatic N) is 3. The van der Waals surface area contributed by atoms with Gasteiger partial charge < -0.3 is 10.2 Å². The topological polar surface area (TPSA) is 58.1 Å². The lowest BCUT2D eigenvalue weighted by Gasteiger charge is -2.31. The molecule has 1 N–H and O–H groups in total. The van der Waals surface area contributed by atoms with Gasteiger partial charge in [-0.05, 0) is 51.4 Å². The summed E-state index contributed by atoms with van der Waals surface area (Å²) in [6.45, 7) is 6.84. The number of carbonyl (C=O) groups is 1. The van der Waals surface area contributed by atoms with Crippen molar-refractivity contribution in [3.05, 3.63) is 59.7 Å². The quantitative estimate of drug-likeness (QED) is 0.867. The molecule has 3 rings (SSSR count). The number of aromatic nitrogens is 2. The summed E-state index contributed by atoms with van der Waals surface area (Å²) in [6, 6.07) is 12.2. The van der Waals surface area contributed by atoms with E-state index in [1.807, 2.05) is 56.4 Å². The maximum atomic E-state index is 12.2. The minimum absolute atomic E-state index is 0.0513. The van der Waals surface area contributed by atoms with E-state index < -0.39 is 0 Å². The number of nitrogens with one attached hydrogen (secondary N) is 1. The summed E-state index contributed by atoms with van der Waals surface area (Å²) in [5.41, 5.74) is 2.30. The fraction of sp³-hybridized carbons (Fsp3) is 0.476. The Kier molecular flexibility index (Phi) is 6.34. The van der Waals surface area contributed by atoms with E-state index in [-0.39, 0.29) is 11.9 Å². The van der Waals surface area contributed by atoms with Gasteiger partial charge in [-0.3, -0.25) is 4.79 Å². The molecule has 0 spiro atoms. The van der Waals surface area contributed by atoms with Crippen molar-refractivity contribution in [3.63, 3.8) is 0 Å². The molecule has 1 aliphatic rings. The summed E-state index contributed by atoms with van der Waals surface area (Å²) in [6.07, 6.45) is 4.59. The van der Waals surface area contributed by atoms with Crippen LogP contribution in [0.4, 0.5) is 0 Å². The van der Waals surface area contributed by atoms with Gasteiger partial charge in [0.1, 0.15) is 5.82 Å². The zero-order valence-corrected chi connectivity index (χ0v) is 15.7. The van der Waals surface area contributed by atoms with Crippen molar-refractivity contribution in [3.8, 4) is 0 Å². The smallest absolute Gasteiger partial charge is 0.221 e. The van der Waals surface area contributed by atoms with Crippen molar-refractivity contribution < 1.29 is 4.79 Å². The monoisotopic (exact) mass is 352 g/mol. The number of hydrogen-bond acceptors (Lipinski definition) is 4. The van der Waals surface area contributed by atoms with Crippen LogP contribution in [0.3, 0.4) is 0 Å². The molecule has 1 atom stereocenters. The second-order valence-electron chi connectivity index (χ2n) is 7.09. The second kappa shape index (κ2) is 8.90. The maximum Gasteiger partial charge on any atom is 0.221 e. The third kappa shape index (κ3) is 5.11. The van der Waals surface area contributed by atoms with Crippen molar-refractivity contribution in [2.24, 2.45) is 0 Å². The third-order valence-electron chi connectivity index (χ3n) is 5.14. The van der Waals surface area contributed by atoms with E-state index in [1.54, 1.807) is 0 Å². The van der Waals surface area contributed by atoms with Gasteiger partial charge in [0.05, 0.1) is 6.04 Å². The first-order valence-electron chi connectivity index (χ1n) is 9.48. The van der Waals surface area contributed by atoms with Gasteiger partial charge in [0.25, 0.3) is 0 Å². The lowest BCUT2D eigenvalue weighted by Crippen LogP contribution is -2.36. The van der Waals surface area contributed by atoms with E-state index in [1.165, 1.54) is 0 Å². The molecule has 1 aliphatic heterocycles. The van der Waals surface area contributed by atoms with Crippen LogP contribution in [-0.4, -0.2) is 40.4 Å². The minimum atomic E-state index is 0.0513. The number of benzene rings is 1. The molecule has 1 aromatic carbocycles. The molecule has 1 amide bonds. The van der Waals surface area contributed by atoms with E-state index in [4.69, 9.17) is 0 Å². The molecule has 0 unspecified atom stereocenters. The Balaban J connectivity index is 1.40. The van der Waals surface area contributed by atoms with E-state index in [0.717, 1.165) is 49.6 Å². The van der Waals surface area contributed by atoms with Gasteiger partial charge in [-0.15, -0.1) is 0 Å². The van der Waals surface area contributed by atoms with Gasteiger partial charge in [0.2, 0.25) is 5.91 Å². The Morgan fingerprint density at radius 2 is 1.96 bits per heavy atom. The van der Waals surface area contributed by atoms with Crippen LogP contribution in [0.15, 0.2) is 42.6 Å². The normalized spacial score (nSPS) is 17.0. The highest BCUT2D eigenvalue weighted by Crippen LogP contribution is 2.26. The summed E-state index contributed by atoms with van der Waals surface area (Å²) in [7, 11) is 0. The molecule has 1 saturated heterocycles. The summed E-state index contributed by atoms with van der Waals surface area (Å²) < 4.78 is 0. The van der Waals surface area contributed by atoms with Crippen LogP contribution in [0, 0.1) is 6.92 Å². The van der Waals surface area contributed by atoms with E-state index in [0.29, 0.717) is 12.3 Å². The average Bonchev–Trinajstić information content (AvgIpc) is 2.67. The standard InChI is InChI=1S/C21H28N4O/c1-16(18-6-4-3-5-7-18)23-21(26)11-15-25-13-9-19(10-14-25)20-8-12-22-17(2)24-20/h3-8,12,16,19H,9-11,13-15H2,1-2H3,(H,23,26)/t16-/m0/s1. The first-order valence-corrected chi connectivity index (χ1v) is 9.48. The SMILES string of the molecule is Cc1nccc(C2CCN(CCC(=O)N[C@@H](C)c3ccccc3)CC2)n1. The van der Waals surface area contributed by atoms with Gasteiger partial charge in [-0.25, -0.2) is 9.97 Å². The lowest BCUT2D eigenvalue weighted by atomic mass is 9.93. The molecule has 0 bridgehead atoms. The fourth-order valence-electron chi connectivity index (χ4n) is 3.55. The van der Waals surface area contributed by atoms with E-state index in [2.05, 4.69) is 20.2 Å². The zero-order valence-electron chi connectivity index (χ0n) is 15.7. The molecular formula is C21H28N4O. The Morgan fingerprint density at radius 1 is 1.23 bits per heavy atom. The van der Waals surface area contributed by atoms with Crippen molar-refractivity contribution in [2.75, 3.05) is 19.6 Å². The van der Waals surface area contributed by atoms with Crippen LogP contribution >= 0.6 is 0 Å². The molecule has 138 valence electrons. The summed E-state index contributed by atoms with van der Waals surface area (Å²) >= 11 is 0. The molecule has 0 radical (unpaired) electrons. The number of carbonyl (C=O) groups excluding carboxylic acids is 1. The summed E-state index contributed by atoms with van der Waals surface area (Å²) in [5, 5.41) is 3.09. The molecule has 2 heterocycles. The minimum Gasteiger partial charge on any atom is -0.350 e. The Bertz CT molecular complexity index is 711. The lowest BCUT2D eigenvalue weighted by molar-refractivity contribution is -0.122. The highest BCUT2D eigenvalue weighted by atomic mass is 16.1. The first-order chi connectivity index (χ1) is 12.6. The van der Waals surface area contributed by atoms with Crippen LogP contribution in [-0.2, 0) is 4.79 Å². The maximum absolute atomic E-state index is 12.2. The van der Waals surface area contributed by atoms with Crippen LogP contribution in [0.5, 0.6) is 0 Å². The van der Waals surface area contributed by atoms with Gasteiger partial charge >= 0.3 is 0 Å². The molecule has 5 heteroatoms. The van der Waals surface area contributed by atoms with E-state index >= 15 is 0 Å². The summed E-state index contributed by atoms with van der Waals surface area (Å²) in [4.78, 5) is 23.4. The Morgan fingerprint density at radius 3 is 2.65 bits per heavy atom. The molecule has 5 nitrogen and oxygen atoms in total. The number of aryl methyl sites for hydroxylation is 1.